The van der Waals surface area contributed by atoms with Crippen LogP contribution in [0.5, 0.6) is 0 Å². The Labute approximate surface area is 126 Å². The Morgan fingerprint density at radius 2 is 2.10 bits per heavy atom. The van der Waals surface area contributed by atoms with E-state index in [-0.39, 0.29) is 18.5 Å². The van der Waals surface area contributed by atoms with Crippen LogP contribution >= 0.6 is 15.9 Å². The van der Waals surface area contributed by atoms with Gasteiger partial charge in [-0.25, -0.2) is 4.79 Å². The molecule has 1 heterocycles. The number of halogens is 1. The number of hydrogen-bond acceptors (Lipinski definition) is 2. The number of amides is 2. The number of carbonyl (C=O) groups is 2. The van der Waals surface area contributed by atoms with Crippen LogP contribution < -0.4 is 5.32 Å². The predicted octanol–water partition coefficient (Wildman–Crippen LogP) is 2.94. The maximum atomic E-state index is 12.1. The van der Waals surface area contributed by atoms with Crippen molar-refractivity contribution in [2.45, 2.75) is 13.8 Å². The Balaban J connectivity index is 2.02. The number of anilines is 1. The van der Waals surface area contributed by atoms with E-state index in [1.54, 1.807) is 4.90 Å². The molecule has 1 aliphatic heterocycles. The van der Waals surface area contributed by atoms with Gasteiger partial charge in [-0.3, -0.25) is 4.79 Å². The predicted molar refractivity (Wildman–Crippen MR) is 79.8 cm³/mol. The zero-order valence-corrected chi connectivity index (χ0v) is 13.0. The van der Waals surface area contributed by atoms with Crippen LogP contribution in [0.1, 0.15) is 12.5 Å². The van der Waals surface area contributed by atoms with E-state index in [1.807, 2.05) is 32.0 Å². The molecule has 0 radical (unpaired) electrons. The Morgan fingerprint density at radius 3 is 2.65 bits per heavy atom. The van der Waals surface area contributed by atoms with E-state index < -0.39 is 11.9 Å². The molecule has 2 amide bonds. The van der Waals surface area contributed by atoms with Crippen molar-refractivity contribution in [3.05, 3.63) is 28.2 Å². The highest BCUT2D eigenvalue weighted by molar-refractivity contribution is 9.10. The molecule has 1 aromatic carbocycles. The molecule has 0 aromatic heterocycles. The lowest BCUT2D eigenvalue weighted by Gasteiger charge is -2.17. The van der Waals surface area contributed by atoms with Gasteiger partial charge in [-0.1, -0.05) is 22.9 Å². The Morgan fingerprint density at radius 1 is 1.40 bits per heavy atom. The van der Waals surface area contributed by atoms with Crippen molar-refractivity contribution >= 4 is 33.6 Å². The first-order chi connectivity index (χ1) is 9.38. The molecule has 1 saturated heterocycles. The first-order valence-electron chi connectivity index (χ1n) is 6.43. The normalized spacial score (nSPS) is 21.9. The van der Waals surface area contributed by atoms with E-state index >= 15 is 0 Å². The number of carboxylic acids is 1. The maximum Gasteiger partial charge on any atom is 0.321 e. The number of urea groups is 1. The van der Waals surface area contributed by atoms with Gasteiger partial charge in [0.25, 0.3) is 0 Å². The standard InChI is InChI=1S/C14H17BrN2O3/c1-8-5-10(3-4-12(8)15)16-14(20)17-6-9(2)11(7-17)13(18)19/h3-5,9,11H,6-7H2,1-2H3,(H,16,20)(H,18,19). The molecule has 0 aliphatic carbocycles. The van der Waals surface area contributed by atoms with Crippen LogP contribution in [-0.4, -0.2) is 35.1 Å². The van der Waals surface area contributed by atoms with Crippen molar-refractivity contribution in [2.75, 3.05) is 18.4 Å². The molecule has 20 heavy (non-hydrogen) atoms. The number of aryl methyl sites for hydroxylation is 1. The van der Waals surface area contributed by atoms with Crippen molar-refractivity contribution in [2.24, 2.45) is 11.8 Å². The molecule has 5 nitrogen and oxygen atoms in total. The molecule has 2 unspecified atom stereocenters. The van der Waals surface area contributed by atoms with Crippen LogP contribution in [0.3, 0.4) is 0 Å². The van der Waals surface area contributed by atoms with Gasteiger partial charge < -0.3 is 15.3 Å². The third-order valence-electron chi connectivity index (χ3n) is 3.63. The van der Waals surface area contributed by atoms with Gasteiger partial charge in [0, 0.05) is 23.2 Å². The maximum absolute atomic E-state index is 12.1. The molecule has 1 aromatic rings. The number of nitrogens with zero attached hydrogens (tertiary/aromatic N) is 1. The molecular weight excluding hydrogens is 324 g/mol. The van der Waals surface area contributed by atoms with E-state index in [0.717, 1.165) is 10.0 Å². The quantitative estimate of drug-likeness (QED) is 0.869. The summed E-state index contributed by atoms with van der Waals surface area (Å²) in [6, 6.07) is 5.30. The van der Waals surface area contributed by atoms with E-state index in [9.17, 15) is 9.59 Å². The van der Waals surface area contributed by atoms with Gasteiger partial charge in [-0.15, -0.1) is 0 Å². The first kappa shape index (κ1) is 14.8. The number of aliphatic carboxylic acids is 1. The number of likely N-dealkylation sites (tertiary alicyclic amines) is 1. The second kappa shape index (κ2) is 5.83. The molecule has 1 aliphatic rings. The van der Waals surface area contributed by atoms with E-state index in [0.29, 0.717) is 12.2 Å². The third-order valence-corrected chi connectivity index (χ3v) is 4.52. The van der Waals surface area contributed by atoms with Gasteiger partial charge in [0.1, 0.15) is 0 Å². The van der Waals surface area contributed by atoms with E-state index in [2.05, 4.69) is 21.2 Å². The van der Waals surface area contributed by atoms with Crippen LogP contribution in [0.4, 0.5) is 10.5 Å². The van der Waals surface area contributed by atoms with Crippen molar-refractivity contribution in [3.63, 3.8) is 0 Å². The zero-order chi connectivity index (χ0) is 14.9. The lowest BCUT2D eigenvalue weighted by Crippen LogP contribution is -2.33. The van der Waals surface area contributed by atoms with Crippen LogP contribution in [0.15, 0.2) is 22.7 Å². The van der Waals surface area contributed by atoms with Crippen LogP contribution in [0.2, 0.25) is 0 Å². The fourth-order valence-electron chi connectivity index (χ4n) is 2.38. The lowest BCUT2D eigenvalue weighted by atomic mass is 9.99. The fraction of sp³-hybridized carbons (Fsp3) is 0.429. The molecule has 0 saturated carbocycles. The Bertz CT molecular complexity index is 547. The fourth-order valence-corrected chi connectivity index (χ4v) is 2.63. The molecule has 2 rings (SSSR count). The van der Waals surface area contributed by atoms with Crippen molar-refractivity contribution in [3.8, 4) is 0 Å². The topological polar surface area (TPSA) is 69.6 Å². The molecule has 0 spiro atoms. The summed E-state index contributed by atoms with van der Waals surface area (Å²) in [5.74, 6) is -1.34. The average molecular weight is 341 g/mol. The van der Waals surface area contributed by atoms with Gasteiger partial charge in [-0.05, 0) is 36.6 Å². The number of hydrogen-bond donors (Lipinski definition) is 2. The molecule has 6 heteroatoms. The Kier molecular flexibility index (Phi) is 4.32. The number of nitrogens with one attached hydrogen (secondary N) is 1. The summed E-state index contributed by atoms with van der Waals surface area (Å²) >= 11 is 3.41. The number of benzene rings is 1. The highest BCUT2D eigenvalue weighted by atomic mass is 79.9. The molecule has 2 N–H and O–H groups in total. The number of carboxylic acid groups (broad SMARTS) is 1. The minimum Gasteiger partial charge on any atom is -0.481 e. The largest absolute Gasteiger partial charge is 0.481 e. The van der Waals surface area contributed by atoms with Gasteiger partial charge in [0.2, 0.25) is 0 Å². The average Bonchev–Trinajstić information content (AvgIpc) is 2.76. The van der Waals surface area contributed by atoms with Crippen molar-refractivity contribution in [1.82, 2.24) is 4.90 Å². The second-order valence-corrected chi connectivity index (χ2v) is 6.08. The van der Waals surface area contributed by atoms with E-state index in [1.165, 1.54) is 0 Å². The van der Waals surface area contributed by atoms with E-state index in [4.69, 9.17) is 5.11 Å². The molecule has 2 atom stereocenters. The first-order valence-corrected chi connectivity index (χ1v) is 7.22. The summed E-state index contributed by atoms with van der Waals surface area (Å²) in [6.45, 7) is 4.53. The highest BCUT2D eigenvalue weighted by Gasteiger charge is 2.36. The van der Waals surface area contributed by atoms with Crippen LogP contribution in [0.25, 0.3) is 0 Å². The summed E-state index contributed by atoms with van der Waals surface area (Å²) in [5, 5.41) is 11.9. The van der Waals surface area contributed by atoms with Crippen LogP contribution in [-0.2, 0) is 4.79 Å². The molecular formula is C14H17BrN2O3. The van der Waals surface area contributed by atoms with Gasteiger partial charge in [-0.2, -0.15) is 0 Å². The zero-order valence-electron chi connectivity index (χ0n) is 11.4. The molecule has 0 bridgehead atoms. The summed E-state index contributed by atoms with van der Waals surface area (Å²) < 4.78 is 0.983. The lowest BCUT2D eigenvalue weighted by molar-refractivity contribution is -0.142. The van der Waals surface area contributed by atoms with Crippen LogP contribution in [0, 0.1) is 18.8 Å². The van der Waals surface area contributed by atoms with Gasteiger partial charge in [0.05, 0.1) is 5.92 Å². The highest BCUT2D eigenvalue weighted by Crippen LogP contribution is 2.25. The summed E-state index contributed by atoms with van der Waals surface area (Å²) in [6.07, 6.45) is 0. The summed E-state index contributed by atoms with van der Waals surface area (Å²) in [4.78, 5) is 24.7. The smallest absolute Gasteiger partial charge is 0.321 e. The summed E-state index contributed by atoms with van der Waals surface area (Å²) in [7, 11) is 0. The molecule has 108 valence electrons. The second-order valence-electron chi connectivity index (χ2n) is 5.22. The SMILES string of the molecule is Cc1cc(NC(=O)N2CC(C)C(C(=O)O)C2)ccc1Br. The molecule has 1 fully saturated rings. The third kappa shape index (κ3) is 3.12. The minimum atomic E-state index is -0.840. The van der Waals surface area contributed by atoms with Crippen molar-refractivity contribution < 1.29 is 14.7 Å². The van der Waals surface area contributed by atoms with Crippen molar-refractivity contribution in [1.29, 1.82) is 0 Å². The number of rotatable bonds is 2. The van der Waals surface area contributed by atoms with Gasteiger partial charge in [0.15, 0.2) is 0 Å². The number of carbonyl (C=O) groups excluding carboxylic acids is 1. The monoisotopic (exact) mass is 340 g/mol. The Hall–Kier alpha value is -1.56. The van der Waals surface area contributed by atoms with Gasteiger partial charge >= 0.3 is 12.0 Å². The summed E-state index contributed by atoms with van der Waals surface area (Å²) in [5.41, 5.74) is 1.74. The minimum absolute atomic E-state index is 0.0232.